The maximum atomic E-state index is 12.8. The molecule has 0 saturated carbocycles. The first-order chi connectivity index (χ1) is 11.9. The van der Waals surface area contributed by atoms with Crippen LogP contribution >= 0.6 is 0 Å². The van der Waals surface area contributed by atoms with Crippen molar-refractivity contribution in [2.75, 3.05) is 18.1 Å². The minimum Gasteiger partial charge on any atom is -0.337 e. The minimum atomic E-state index is -3.07. The molecular formula is C17H23N3O4S. The van der Waals surface area contributed by atoms with Crippen LogP contribution in [0.2, 0.25) is 0 Å². The van der Waals surface area contributed by atoms with Crippen molar-refractivity contribution in [3.8, 4) is 0 Å². The summed E-state index contributed by atoms with van der Waals surface area (Å²) in [6.45, 7) is 4.61. The molecule has 1 aromatic heterocycles. The van der Waals surface area contributed by atoms with Crippen LogP contribution in [-0.4, -0.2) is 52.5 Å². The van der Waals surface area contributed by atoms with Crippen LogP contribution in [0.25, 0.3) is 11.0 Å². The number of fused-ring (bicyclic) bond motifs is 1. The third kappa shape index (κ3) is 3.22. The Labute approximate surface area is 146 Å². The maximum absolute atomic E-state index is 12.8. The molecule has 0 N–H and O–H groups in total. The molecule has 1 fully saturated rings. The Bertz CT molecular complexity index is 958. The molecule has 1 saturated heterocycles. The lowest BCUT2D eigenvalue weighted by Gasteiger charge is -2.27. The summed E-state index contributed by atoms with van der Waals surface area (Å²) in [5.41, 5.74) is 1.30. The zero-order valence-electron chi connectivity index (χ0n) is 14.5. The number of para-hydroxylation sites is 2. The number of imidazole rings is 1. The highest BCUT2D eigenvalue weighted by atomic mass is 32.2. The van der Waals surface area contributed by atoms with Crippen LogP contribution in [0.15, 0.2) is 29.1 Å². The Kier molecular flexibility index (Phi) is 4.73. The molecule has 3 rings (SSSR count). The topological polar surface area (TPSA) is 81.4 Å². The van der Waals surface area contributed by atoms with Crippen molar-refractivity contribution in [1.29, 1.82) is 0 Å². The summed E-state index contributed by atoms with van der Waals surface area (Å²) in [6.07, 6.45) is 0.466. The standard InChI is InChI=1S/C17H23N3O4S/c1-3-18(13-9-10-25(23,24)12-13)16(21)11-20-15-8-6-5-7-14(15)19(4-2)17(20)22/h5-8,13H,3-4,9-12H2,1-2H3. The quantitative estimate of drug-likeness (QED) is 0.787. The fourth-order valence-electron chi connectivity index (χ4n) is 3.62. The number of sulfone groups is 1. The molecule has 0 radical (unpaired) electrons. The van der Waals surface area contributed by atoms with Crippen molar-refractivity contribution >= 4 is 26.8 Å². The monoisotopic (exact) mass is 365 g/mol. The second-order valence-electron chi connectivity index (χ2n) is 6.34. The van der Waals surface area contributed by atoms with Crippen LogP contribution in [0, 0.1) is 0 Å². The van der Waals surface area contributed by atoms with Gasteiger partial charge in [-0.25, -0.2) is 13.2 Å². The number of hydrogen-bond donors (Lipinski definition) is 0. The van der Waals surface area contributed by atoms with Gasteiger partial charge in [0.25, 0.3) is 0 Å². The number of aryl methyl sites for hydroxylation is 1. The molecule has 2 aromatic rings. The van der Waals surface area contributed by atoms with Crippen molar-refractivity contribution < 1.29 is 13.2 Å². The van der Waals surface area contributed by atoms with E-state index in [1.54, 1.807) is 9.47 Å². The average molecular weight is 365 g/mol. The summed E-state index contributed by atoms with van der Waals surface area (Å²) in [6, 6.07) is 7.10. The summed E-state index contributed by atoms with van der Waals surface area (Å²) in [5, 5.41) is 0. The Morgan fingerprint density at radius 3 is 2.36 bits per heavy atom. The van der Waals surface area contributed by atoms with Gasteiger partial charge in [0.05, 0.1) is 22.5 Å². The van der Waals surface area contributed by atoms with Crippen molar-refractivity contribution in [3.63, 3.8) is 0 Å². The number of likely N-dealkylation sites (N-methyl/N-ethyl adjacent to an activating group) is 1. The van der Waals surface area contributed by atoms with Crippen LogP contribution in [0.3, 0.4) is 0 Å². The number of aromatic nitrogens is 2. The molecule has 136 valence electrons. The van der Waals surface area contributed by atoms with E-state index in [4.69, 9.17) is 0 Å². The number of nitrogens with zero attached hydrogens (tertiary/aromatic N) is 3. The molecule has 25 heavy (non-hydrogen) atoms. The van der Waals surface area contributed by atoms with E-state index in [-0.39, 0.29) is 35.7 Å². The van der Waals surface area contributed by atoms with Crippen molar-refractivity contribution in [2.24, 2.45) is 0 Å². The SMILES string of the molecule is CCN(C(=O)Cn1c(=O)n(CC)c2ccccc21)C1CCS(=O)(=O)C1. The smallest absolute Gasteiger partial charge is 0.329 e. The van der Waals surface area contributed by atoms with Crippen molar-refractivity contribution in [2.45, 2.75) is 39.4 Å². The van der Waals surface area contributed by atoms with Crippen LogP contribution in [0.1, 0.15) is 20.3 Å². The highest BCUT2D eigenvalue weighted by Gasteiger charge is 2.34. The Morgan fingerprint density at radius 1 is 1.20 bits per heavy atom. The number of amides is 1. The van der Waals surface area contributed by atoms with Gasteiger partial charge in [-0.2, -0.15) is 0 Å². The summed E-state index contributed by atoms with van der Waals surface area (Å²) >= 11 is 0. The van der Waals surface area contributed by atoms with E-state index in [1.165, 1.54) is 4.57 Å². The number of rotatable bonds is 5. The fourth-order valence-corrected chi connectivity index (χ4v) is 5.35. The van der Waals surface area contributed by atoms with E-state index >= 15 is 0 Å². The van der Waals surface area contributed by atoms with Gasteiger partial charge in [0.1, 0.15) is 6.54 Å². The third-order valence-electron chi connectivity index (χ3n) is 4.84. The Hall–Kier alpha value is -2.09. The number of hydrogen-bond acceptors (Lipinski definition) is 4. The molecular weight excluding hydrogens is 342 g/mol. The van der Waals surface area contributed by atoms with Gasteiger partial charge >= 0.3 is 5.69 Å². The van der Waals surface area contributed by atoms with Gasteiger partial charge in [0.2, 0.25) is 5.91 Å². The first-order valence-corrected chi connectivity index (χ1v) is 10.4. The van der Waals surface area contributed by atoms with Crippen LogP contribution in [0.5, 0.6) is 0 Å². The van der Waals surface area contributed by atoms with Gasteiger partial charge in [-0.3, -0.25) is 13.9 Å². The van der Waals surface area contributed by atoms with Crippen molar-refractivity contribution in [1.82, 2.24) is 14.0 Å². The van der Waals surface area contributed by atoms with Crippen molar-refractivity contribution in [3.05, 3.63) is 34.7 Å². The Morgan fingerprint density at radius 2 is 1.84 bits per heavy atom. The highest BCUT2D eigenvalue weighted by Crippen LogP contribution is 2.19. The van der Waals surface area contributed by atoms with E-state index in [1.807, 2.05) is 38.1 Å². The number of benzene rings is 1. The van der Waals surface area contributed by atoms with Crippen LogP contribution in [-0.2, 0) is 27.7 Å². The largest absolute Gasteiger partial charge is 0.337 e. The summed E-state index contributed by atoms with van der Waals surface area (Å²) in [7, 11) is -3.07. The first-order valence-electron chi connectivity index (χ1n) is 8.56. The average Bonchev–Trinajstić information content (AvgIpc) is 3.06. The zero-order chi connectivity index (χ0) is 18.2. The highest BCUT2D eigenvalue weighted by molar-refractivity contribution is 7.91. The molecule has 0 aliphatic carbocycles. The van der Waals surface area contributed by atoms with Gasteiger partial charge in [-0.05, 0) is 32.4 Å². The molecule has 2 heterocycles. The zero-order valence-corrected chi connectivity index (χ0v) is 15.3. The number of carbonyl (C=O) groups excluding carboxylic acids is 1. The predicted octanol–water partition coefficient (Wildman–Crippen LogP) is 0.859. The normalized spacial score (nSPS) is 19.4. The molecule has 0 spiro atoms. The van der Waals surface area contributed by atoms with Gasteiger partial charge < -0.3 is 4.90 Å². The second kappa shape index (κ2) is 6.67. The number of carbonyl (C=O) groups is 1. The minimum absolute atomic E-state index is 0.0121. The van der Waals surface area contributed by atoms with Crippen LogP contribution in [0.4, 0.5) is 0 Å². The van der Waals surface area contributed by atoms with Crippen LogP contribution < -0.4 is 5.69 Å². The lowest BCUT2D eigenvalue weighted by molar-refractivity contribution is -0.133. The van der Waals surface area contributed by atoms with Gasteiger partial charge in [0.15, 0.2) is 9.84 Å². The summed E-state index contributed by atoms with van der Waals surface area (Å²) in [4.78, 5) is 27.0. The molecule has 1 unspecified atom stereocenters. The molecule has 1 atom stereocenters. The van der Waals surface area contributed by atoms with E-state index < -0.39 is 9.84 Å². The molecule has 7 nitrogen and oxygen atoms in total. The lowest BCUT2D eigenvalue weighted by atomic mass is 10.2. The van der Waals surface area contributed by atoms with E-state index in [2.05, 4.69) is 0 Å². The lowest BCUT2D eigenvalue weighted by Crippen LogP contribution is -2.43. The molecule has 1 aromatic carbocycles. The van der Waals surface area contributed by atoms with E-state index in [9.17, 15) is 18.0 Å². The predicted molar refractivity (Wildman–Crippen MR) is 96.3 cm³/mol. The first kappa shape index (κ1) is 17.7. The fraction of sp³-hybridized carbons (Fsp3) is 0.529. The summed E-state index contributed by atoms with van der Waals surface area (Å²) < 4.78 is 26.6. The molecule has 8 heteroatoms. The van der Waals surface area contributed by atoms with Gasteiger partial charge in [-0.1, -0.05) is 12.1 Å². The van der Waals surface area contributed by atoms with E-state index in [0.29, 0.717) is 19.5 Å². The van der Waals surface area contributed by atoms with E-state index in [0.717, 1.165) is 11.0 Å². The molecule has 1 amide bonds. The second-order valence-corrected chi connectivity index (χ2v) is 8.57. The third-order valence-corrected chi connectivity index (χ3v) is 6.60. The molecule has 1 aliphatic heterocycles. The van der Waals surface area contributed by atoms with Gasteiger partial charge in [0, 0.05) is 19.1 Å². The summed E-state index contributed by atoms with van der Waals surface area (Å²) in [5.74, 6) is -0.0833. The molecule has 0 bridgehead atoms. The molecule has 1 aliphatic rings. The van der Waals surface area contributed by atoms with Gasteiger partial charge in [-0.15, -0.1) is 0 Å². The Balaban J connectivity index is 1.91. The maximum Gasteiger partial charge on any atom is 0.329 e.